The van der Waals surface area contributed by atoms with Gasteiger partial charge >= 0.3 is 24.0 Å². The molecule has 1 fully saturated rings. The van der Waals surface area contributed by atoms with Gasteiger partial charge in [-0.3, -0.25) is 14.5 Å². The molecule has 1 aliphatic rings. The van der Waals surface area contributed by atoms with Crippen LogP contribution in [0.15, 0.2) is 53.6 Å². The molecular formula is C25H28N6O7. The molecule has 0 radical (unpaired) electrons. The fourth-order valence-electron chi connectivity index (χ4n) is 3.89. The minimum atomic E-state index is -1.27. The van der Waals surface area contributed by atoms with E-state index in [0.717, 1.165) is 20.9 Å². The normalized spacial score (nSPS) is 14.9. The third kappa shape index (κ3) is 7.06. The van der Waals surface area contributed by atoms with Crippen LogP contribution in [0.4, 0.5) is 9.59 Å². The first-order valence-corrected chi connectivity index (χ1v) is 11.6. The number of hydrogen-bond donors (Lipinski definition) is 4. The number of carbonyl (C=O) groups excluding carboxylic acids is 4. The van der Waals surface area contributed by atoms with E-state index in [-0.39, 0.29) is 31.6 Å². The minimum absolute atomic E-state index is 0.0681. The lowest BCUT2D eigenvalue weighted by Gasteiger charge is -2.23. The number of hydrazone groups is 1. The standard InChI is InChI=1S/C25H28N6O7/c1-38-23(35)19-5-3-2-4-18(19)14-27-24(36)30(15-21(32)33)10-11-31-22(34)20(29-25(31)37)12-16-6-8-17(9-7-16)13-28-26/h2-9,13,20H,10-12,14-15,26H2,1H3,(H,27,36)(H,29,37)(H,32,33). The summed E-state index contributed by atoms with van der Waals surface area (Å²) < 4.78 is 4.74. The Hall–Kier alpha value is -4.94. The summed E-state index contributed by atoms with van der Waals surface area (Å²) in [6, 6.07) is 11.4. The predicted octanol–water partition coefficient (Wildman–Crippen LogP) is 0.525. The maximum atomic E-state index is 12.9. The molecule has 5 N–H and O–H groups in total. The van der Waals surface area contributed by atoms with E-state index >= 15 is 0 Å². The number of nitrogens with one attached hydrogen (secondary N) is 2. The van der Waals surface area contributed by atoms with E-state index in [1.165, 1.54) is 13.3 Å². The molecule has 1 saturated heterocycles. The molecule has 38 heavy (non-hydrogen) atoms. The highest BCUT2D eigenvalue weighted by atomic mass is 16.5. The largest absolute Gasteiger partial charge is 0.480 e. The Labute approximate surface area is 218 Å². The van der Waals surface area contributed by atoms with E-state index in [1.807, 2.05) is 0 Å². The molecule has 0 saturated carbocycles. The Bertz CT molecular complexity index is 1230. The van der Waals surface area contributed by atoms with Crippen LogP contribution in [0.5, 0.6) is 0 Å². The van der Waals surface area contributed by atoms with Gasteiger partial charge in [0.2, 0.25) is 0 Å². The van der Waals surface area contributed by atoms with E-state index in [1.54, 1.807) is 48.5 Å². The first-order chi connectivity index (χ1) is 18.2. The van der Waals surface area contributed by atoms with Crippen molar-refractivity contribution in [2.75, 3.05) is 26.7 Å². The number of urea groups is 2. The van der Waals surface area contributed by atoms with E-state index in [9.17, 15) is 29.1 Å². The zero-order valence-electron chi connectivity index (χ0n) is 20.6. The van der Waals surface area contributed by atoms with Crippen LogP contribution >= 0.6 is 0 Å². The van der Waals surface area contributed by atoms with Gasteiger partial charge in [0.1, 0.15) is 12.6 Å². The Morgan fingerprint density at radius 2 is 1.89 bits per heavy atom. The number of carbonyl (C=O) groups is 5. The molecule has 0 bridgehead atoms. The molecular weight excluding hydrogens is 496 g/mol. The van der Waals surface area contributed by atoms with Gasteiger partial charge in [0.05, 0.1) is 18.9 Å². The molecule has 0 aliphatic carbocycles. The van der Waals surface area contributed by atoms with E-state index in [2.05, 4.69) is 15.7 Å². The molecule has 1 heterocycles. The minimum Gasteiger partial charge on any atom is -0.480 e. The summed E-state index contributed by atoms with van der Waals surface area (Å²) >= 11 is 0. The number of aliphatic carboxylic acids is 1. The van der Waals surface area contributed by atoms with Crippen LogP contribution in [0.2, 0.25) is 0 Å². The van der Waals surface area contributed by atoms with Gasteiger partial charge in [-0.15, -0.1) is 0 Å². The van der Waals surface area contributed by atoms with Crippen molar-refractivity contribution in [3.8, 4) is 0 Å². The van der Waals surface area contributed by atoms with Gasteiger partial charge in [0.15, 0.2) is 0 Å². The third-order valence-electron chi connectivity index (χ3n) is 5.81. The van der Waals surface area contributed by atoms with Crippen molar-refractivity contribution in [3.05, 3.63) is 70.8 Å². The topological polar surface area (TPSA) is 184 Å². The lowest BCUT2D eigenvalue weighted by molar-refractivity contribution is -0.137. The molecule has 2 aromatic carbocycles. The van der Waals surface area contributed by atoms with Crippen molar-refractivity contribution < 1.29 is 33.8 Å². The quantitative estimate of drug-likeness (QED) is 0.108. The van der Waals surface area contributed by atoms with E-state index in [0.29, 0.717) is 5.56 Å². The first-order valence-electron chi connectivity index (χ1n) is 11.6. The van der Waals surface area contributed by atoms with Crippen molar-refractivity contribution in [1.82, 2.24) is 20.4 Å². The predicted molar refractivity (Wildman–Crippen MR) is 135 cm³/mol. The number of benzene rings is 2. The monoisotopic (exact) mass is 524 g/mol. The Morgan fingerprint density at radius 3 is 2.55 bits per heavy atom. The number of methoxy groups -OCH3 is 1. The van der Waals surface area contributed by atoms with Crippen molar-refractivity contribution in [2.45, 2.75) is 19.0 Å². The number of esters is 1. The van der Waals surface area contributed by atoms with Gasteiger partial charge in [0.25, 0.3) is 5.91 Å². The number of amides is 5. The summed E-state index contributed by atoms with van der Waals surface area (Å²) in [5, 5.41) is 17.9. The second-order valence-electron chi connectivity index (χ2n) is 8.34. The van der Waals surface area contributed by atoms with Crippen LogP contribution in [0.3, 0.4) is 0 Å². The maximum absolute atomic E-state index is 12.9. The van der Waals surface area contributed by atoms with Gasteiger partial charge < -0.3 is 31.2 Å². The average Bonchev–Trinajstić information content (AvgIpc) is 3.17. The van der Waals surface area contributed by atoms with E-state index < -0.39 is 42.5 Å². The second-order valence-corrected chi connectivity index (χ2v) is 8.34. The molecule has 1 aliphatic heterocycles. The Morgan fingerprint density at radius 1 is 1.18 bits per heavy atom. The average molecular weight is 525 g/mol. The highest BCUT2D eigenvalue weighted by molar-refractivity contribution is 6.04. The van der Waals surface area contributed by atoms with Crippen LogP contribution in [-0.2, 0) is 27.3 Å². The molecule has 3 rings (SSSR count). The number of imide groups is 1. The van der Waals surface area contributed by atoms with Gasteiger partial charge in [-0.25, -0.2) is 14.4 Å². The summed E-state index contributed by atoms with van der Waals surface area (Å²) in [5.74, 6) is 2.80. The van der Waals surface area contributed by atoms with Crippen LogP contribution in [0, 0.1) is 0 Å². The maximum Gasteiger partial charge on any atom is 0.338 e. The number of rotatable bonds is 11. The molecule has 13 nitrogen and oxygen atoms in total. The SMILES string of the molecule is COC(=O)c1ccccc1CNC(=O)N(CCN1C(=O)NC(Cc2ccc(C=NN)cc2)C1=O)CC(=O)O. The molecule has 2 aromatic rings. The molecule has 5 amide bonds. The summed E-state index contributed by atoms with van der Waals surface area (Å²) in [4.78, 5) is 63.3. The number of hydrogen-bond acceptors (Lipinski definition) is 8. The highest BCUT2D eigenvalue weighted by Crippen LogP contribution is 2.14. The molecule has 200 valence electrons. The van der Waals surface area contributed by atoms with Crippen LogP contribution in [0.25, 0.3) is 0 Å². The summed E-state index contributed by atoms with van der Waals surface area (Å²) in [6.07, 6.45) is 1.73. The highest BCUT2D eigenvalue weighted by Gasteiger charge is 2.38. The number of carboxylic acids is 1. The van der Waals surface area contributed by atoms with Gasteiger partial charge in [-0.2, -0.15) is 5.10 Å². The van der Waals surface area contributed by atoms with Crippen molar-refractivity contribution in [1.29, 1.82) is 0 Å². The van der Waals surface area contributed by atoms with Crippen LogP contribution < -0.4 is 16.5 Å². The van der Waals surface area contributed by atoms with Crippen molar-refractivity contribution in [3.63, 3.8) is 0 Å². The van der Waals surface area contributed by atoms with Crippen LogP contribution in [0.1, 0.15) is 27.0 Å². The third-order valence-corrected chi connectivity index (χ3v) is 5.81. The molecule has 1 atom stereocenters. The van der Waals surface area contributed by atoms with Crippen molar-refractivity contribution >= 4 is 36.1 Å². The van der Waals surface area contributed by atoms with Crippen molar-refractivity contribution in [2.24, 2.45) is 10.9 Å². The second kappa shape index (κ2) is 12.9. The fraction of sp³-hybridized carbons (Fsp3) is 0.280. The number of nitrogens with two attached hydrogens (primary N) is 1. The Balaban J connectivity index is 1.61. The number of nitrogens with zero attached hydrogens (tertiary/aromatic N) is 3. The smallest absolute Gasteiger partial charge is 0.338 e. The van der Waals surface area contributed by atoms with Gasteiger partial charge in [0, 0.05) is 26.1 Å². The van der Waals surface area contributed by atoms with Crippen LogP contribution in [-0.4, -0.2) is 83.8 Å². The lowest BCUT2D eigenvalue weighted by Crippen LogP contribution is -2.47. The molecule has 0 aromatic heterocycles. The molecule has 13 heteroatoms. The summed E-state index contributed by atoms with van der Waals surface area (Å²) in [7, 11) is 1.24. The summed E-state index contributed by atoms with van der Waals surface area (Å²) in [6.45, 7) is -1.14. The van der Waals surface area contributed by atoms with Gasteiger partial charge in [-0.05, 0) is 22.8 Å². The number of carboxylic acid groups (broad SMARTS) is 1. The zero-order valence-corrected chi connectivity index (χ0v) is 20.6. The number of ether oxygens (including phenoxy) is 1. The van der Waals surface area contributed by atoms with Gasteiger partial charge in [-0.1, -0.05) is 42.5 Å². The van der Waals surface area contributed by atoms with E-state index in [4.69, 9.17) is 10.6 Å². The summed E-state index contributed by atoms with van der Waals surface area (Å²) in [5.41, 5.74) is 2.32. The zero-order chi connectivity index (χ0) is 27.7. The molecule has 1 unspecified atom stereocenters. The first kappa shape index (κ1) is 27.6. The fourth-order valence-corrected chi connectivity index (χ4v) is 3.89. The Kier molecular flexibility index (Phi) is 9.35. The lowest BCUT2D eigenvalue weighted by atomic mass is 10.0. The molecule has 0 spiro atoms.